The monoisotopic (exact) mass is 326 g/mol. The van der Waals surface area contributed by atoms with Crippen LogP contribution in [0.2, 0.25) is 0 Å². The number of nitrogens with zero attached hydrogens (tertiary/aromatic N) is 2. The number of benzene rings is 1. The van der Waals surface area contributed by atoms with Crippen molar-refractivity contribution in [1.82, 2.24) is 9.80 Å². The highest BCUT2D eigenvalue weighted by molar-refractivity contribution is 7.17. The van der Waals surface area contributed by atoms with Crippen LogP contribution in [0.15, 0.2) is 0 Å². The Morgan fingerprint density at radius 1 is 1.09 bits per heavy atom. The van der Waals surface area contributed by atoms with Crippen LogP contribution in [-0.2, 0) is 13.1 Å². The van der Waals surface area contributed by atoms with Gasteiger partial charge in [-0.25, -0.2) is 0 Å². The van der Waals surface area contributed by atoms with Crippen molar-refractivity contribution in [3.63, 3.8) is 0 Å². The number of carbonyl (C=O) groups excluding carboxylic acids is 1. The fourth-order valence-electron chi connectivity index (χ4n) is 2.61. The van der Waals surface area contributed by atoms with Crippen LogP contribution in [0.1, 0.15) is 27.9 Å². The molecule has 2 N–H and O–H groups in total. The van der Waals surface area contributed by atoms with Crippen molar-refractivity contribution < 1.29 is 19.7 Å². The van der Waals surface area contributed by atoms with Crippen LogP contribution < -0.4 is 4.74 Å². The minimum Gasteiger partial charge on any atom is -0.507 e. The van der Waals surface area contributed by atoms with Gasteiger partial charge in [-0.1, -0.05) is 9.24 Å². The van der Waals surface area contributed by atoms with E-state index in [0.29, 0.717) is 30.0 Å². The summed E-state index contributed by atoms with van der Waals surface area (Å²) in [6.45, 7) is 0.752. The first kappa shape index (κ1) is 17.0. The van der Waals surface area contributed by atoms with E-state index in [1.165, 1.54) is 0 Å². The number of carbonyl (C=O) groups is 1. The lowest BCUT2D eigenvalue weighted by atomic mass is 9.94. The van der Waals surface area contributed by atoms with Gasteiger partial charge in [0.2, 0.25) is 0 Å². The Labute approximate surface area is 132 Å². The molecule has 7 heteroatoms. The van der Waals surface area contributed by atoms with E-state index in [0.717, 1.165) is 0 Å². The Morgan fingerprint density at radius 3 is 2.18 bits per heavy atom. The van der Waals surface area contributed by atoms with E-state index in [1.807, 2.05) is 38.0 Å². The Hall–Kier alpha value is -1.36. The maximum absolute atomic E-state index is 12.3. The number of hydrogen-bond donors (Lipinski definition) is 2. The molecule has 0 radical (unpaired) electrons. The molecule has 1 unspecified atom stereocenters. The molecule has 0 saturated heterocycles. The molecule has 0 bridgehead atoms. The summed E-state index contributed by atoms with van der Waals surface area (Å²) in [5.41, 5.74) is 1.08. The van der Waals surface area contributed by atoms with Crippen LogP contribution in [-0.4, -0.2) is 59.8 Å². The molecule has 0 amide bonds. The number of phenols is 2. The number of ether oxygens (including phenoxy) is 1. The van der Waals surface area contributed by atoms with Crippen LogP contribution in [0.4, 0.5) is 0 Å². The average Bonchev–Trinajstić information content (AvgIpc) is 2.38. The number of Topliss-reactive ketones (excluding diaryl/α,β-unsaturated/α-hetero) is 1. The predicted molar refractivity (Wildman–Crippen MR) is 87.6 cm³/mol. The molecule has 1 aliphatic rings. The molecule has 2 rings (SSSR count). The highest BCUT2D eigenvalue weighted by atomic mass is 31.0. The van der Waals surface area contributed by atoms with Gasteiger partial charge in [0.15, 0.2) is 5.78 Å². The third-order valence-corrected chi connectivity index (χ3v) is 3.85. The lowest BCUT2D eigenvalue weighted by Crippen LogP contribution is -2.25. The van der Waals surface area contributed by atoms with Gasteiger partial charge in [-0.15, -0.1) is 0 Å². The molecule has 0 spiro atoms. The fourth-order valence-corrected chi connectivity index (χ4v) is 2.96. The van der Waals surface area contributed by atoms with Gasteiger partial charge in [-0.3, -0.25) is 4.79 Å². The van der Waals surface area contributed by atoms with Crippen LogP contribution in [0, 0.1) is 0 Å². The first-order valence-electron chi connectivity index (χ1n) is 7.06. The van der Waals surface area contributed by atoms with E-state index >= 15 is 0 Å². The van der Waals surface area contributed by atoms with Crippen molar-refractivity contribution >= 4 is 15.0 Å². The second-order valence-electron chi connectivity index (χ2n) is 6.12. The first-order valence-corrected chi connectivity index (χ1v) is 7.73. The van der Waals surface area contributed by atoms with Gasteiger partial charge in [-0.05, 0) is 28.2 Å². The van der Waals surface area contributed by atoms with Gasteiger partial charge in [0.25, 0.3) is 0 Å². The quantitative estimate of drug-likeness (QED) is 0.815. The molecular weight excluding hydrogens is 303 g/mol. The lowest BCUT2D eigenvalue weighted by molar-refractivity contribution is 0.0910. The summed E-state index contributed by atoms with van der Waals surface area (Å²) in [6.07, 6.45) is 0.193. The largest absolute Gasteiger partial charge is 0.507 e. The van der Waals surface area contributed by atoms with Crippen molar-refractivity contribution in [1.29, 1.82) is 0 Å². The summed E-state index contributed by atoms with van der Waals surface area (Å²) in [7, 11) is 9.87. The fraction of sp³-hybridized carbons (Fsp3) is 0.533. The first-order chi connectivity index (χ1) is 10.2. The standard InChI is InChI=1S/C15H23N2O4P/c1-16(2)6-8-13(19)9(7-17(3)4)15-12(14(8)20)10(18)5-11(22)21-15/h11,19-20H,5-7,22H2,1-4H3/t11-/m1/s1. The predicted octanol–water partition coefficient (Wildman–Crippen LogP) is 1.39. The number of phenolic OH excluding ortho intramolecular Hbond substituents is 2. The maximum atomic E-state index is 12.3. The zero-order chi connectivity index (χ0) is 16.6. The molecule has 6 nitrogen and oxygen atoms in total. The summed E-state index contributed by atoms with van der Waals surface area (Å²) in [5, 5.41) is 21.1. The van der Waals surface area contributed by atoms with Crippen molar-refractivity contribution in [3.05, 3.63) is 16.7 Å². The van der Waals surface area contributed by atoms with Gasteiger partial charge in [-0.2, -0.15) is 0 Å². The minimum absolute atomic E-state index is 0.00875. The van der Waals surface area contributed by atoms with Crippen molar-refractivity contribution in [2.45, 2.75) is 25.4 Å². The second-order valence-corrected chi connectivity index (χ2v) is 6.86. The molecule has 22 heavy (non-hydrogen) atoms. The number of ketones is 1. The molecule has 0 aromatic heterocycles. The molecule has 1 aromatic rings. The van der Waals surface area contributed by atoms with Gasteiger partial charge >= 0.3 is 0 Å². The third-order valence-electron chi connectivity index (χ3n) is 3.48. The summed E-state index contributed by atoms with van der Waals surface area (Å²) < 4.78 is 5.74. The van der Waals surface area contributed by atoms with Gasteiger partial charge < -0.3 is 24.7 Å². The number of hydrogen-bond acceptors (Lipinski definition) is 6. The van der Waals surface area contributed by atoms with Crippen LogP contribution in [0.3, 0.4) is 0 Å². The Kier molecular flexibility index (Phi) is 4.95. The lowest BCUT2D eigenvalue weighted by Gasteiger charge is -2.28. The SMILES string of the molecule is CN(C)Cc1c(O)c(CN(C)C)c2c(c1O)C(=O)C[C@@H](P)O2. The molecule has 0 saturated carbocycles. The van der Waals surface area contributed by atoms with Gasteiger partial charge in [0, 0.05) is 13.1 Å². The number of fused-ring (bicyclic) bond motifs is 1. The Bertz CT molecular complexity index is 602. The number of rotatable bonds is 4. The highest BCUT2D eigenvalue weighted by Gasteiger charge is 2.34. The average molecular weight is 326 g/mol. The van der Waals surface area contributed by atoms with E-state index in [-0.39, 0.29) is 35.1 Å². The second kappa shape index (κ2) is 6.41. The minimum atomic E-state index is -0.348. The normalized spacial score (nSPS) is 17.8. The maximum Gasteiger partial charge on any atom is 0.174 e. The van der Waals surface area contributed by atoms with E-state index in [1.54, 1.807) is 0 Å². The molecule has 1 aliphatic heterocycles. The molecule has 1 aromatic carbocycles. The Balaban J connectivity index is 2.70. The summed E-state index contributed by atoms with van der Waals surface area (Å²) in [4.78, 5) is 16.0. The molecule has 1 heterocycles. The number of aromatic hydroxyl groups is 2. The zero-order valence-corrected chi connectivity index (χ0v) is 14.5. The van der Waals surface area contributed by atoms with Crippen LogP contribution >= 0.6 is 9.24 Å². The van der Waals surface area contributed by atoms with E-state index in [9.17, 15) is 15.0 Å². The van der Waals surface area contributed by atoms with Crippen molar-refractivity contribution in [2.75, 3.05) is 28.2 Å². The molecular formula is C15H23N2O4P. The van der Waals surface area contributed by atoms with Gasteiger partial charge in [0.05, 0.1) is 17.5 Å². The molecule has 0 fully saturated rings. The molecule has 0 aliphatic carbocycles. The van der Waals surface area contributed by atoms with Crippen LogP contribution in [0.25, 0.3) is 0 Å². The van der Waals surface area contributed by atoms with Gasteiger partial charge in [0.1, 0.15) is 28.7 Å². The summed E-state index contributed by atoms with van der Waals surface area (Å²) >= 11 is 0. The third kappa shape index (κ3) is 3.19. The smallest absolute Gasteiger partial charge is 0.174 e. The topological polar surface area (TPSA) is 73.2 Å². The summed E-state index contributed by atoms with van der Waals surface area (Å²) in [5.74, 6) is -0.406. The molecule has 122 valence electrons. The highest BCUT2D eigenvalue weighted by Crippen LogP contribution is 2.46. The van der Waals surface area contributed by atoms with Crippen LogP contribution in [0.5, 0.6) is 17.2 Å². The van der Waals surface area contributed by atoms with E-state index in [2.05, 4.69) is 9.24 Å². The molecule has 2 atom stereocenters. The summed E-state index contributed by atoms with van der Waals surface area (Å²) in [6, 6.07) is 0. The Morgan fingerprint density at radius 2 is 1.64 bits per heavy atom. The van der Waals surface area contributed by atoms with E-state index in [4.69, 9.17) is 4.74 Å². The zero-order valence-electron chi connectivity index (χ0n) is 13.4. The van der Waals surface area contributed by atoms with Crippen molar-refractivity contribution in [3.8, 4) is 17.2 Å². The van der Waals surface area contributed by atoms with Crippen molar-refractivity contribution in [2.24, 2.45) is 0 Å². The van der Waals surface area contributed by atoms with E-state index < -0.39 is 0 Å².